The first-order valence-corrected chi connectivity index (χ1v) is 11.7. The predicted molar refractivity (Wildman–Crippen MR) is 115 cm³/mol. The molecule has 1 saturated carbocycles. The zero-order chi connectivity index (χ0) is 20.4. The summed E-state index contributed by atoms with van der Waals surface area (Å²) in [6.45, 7) is 2.18. The number of hydrogen-bond donors (Lipinski definition) is 1. The molecule has 5 heterocycles. The van der Waals surface area contributed by atoms with Crippen molar-refractivity contribution in [3.05, 3.63) is 39.8 Å². The van der Waals surface area contributed by atoms with Crippen molar-refractivity contribution < 1.29 is 9.18 Å². The standard InChI is InChI=1S/C19H16ClFN6OS2/c20-18-23-6-12(21)15(24-18)26-7-10-9(11(10)8-26)1-2-22-16(28)14-5-13-17(30-14)25-19-27(13)3-4-29-19/h3-6,9-11H,1-2,7-8H2,(H,22,28)/t9?,10-,11+. The quantitative estimate of drug-likeness (QED) is 0.458. The first-order chi connectivity index (χ1) is 14.6. The Balaban J connectivity index is 1.03. The zero-order valence-corrected chi connectivity index (χ0v) is 18.0. The number of imidazole rings is 1. The number of anilines is 1. The van der Waals surface area contributed by atoms with E-state index in [0.29, 0.717) is 29.2 Å². The Bertz CT molecular complexity index is 1270. The molecule has 0 bridgehead atoms. The third-order valence-electron chi connectivity index (χ3n) is 6.09. The molecule has 1 amide bonds. The predicted octanol–water partition coefficient (Wildman–Crippen LogP) is 3.70. The Kier molecular flexibility index (Phi) is 4.22. The van der Waals surface area contributed by atoms with E-state index in [2.05, 4.69) is 20.3 Å². The number of piperidine rings is 1. The number of hydrogen-bond acceptors (Lipinski definition) is 7. The van der Waals surface area contributed by atoms with Crippen LogP contribution in [-0.4, -0.2) is 44.9 Å². The average molecular weight is 463 g/mol. The van der Waals surface area contributed by atoms with Crippen molar-refractivity contribution in [3.63, 3.8) is 0 Å². The molecule has 154 valence electrons. The van der Waals surface area contributed by atoms with Crippen LogP contribution in [0.2, 0.25) is 5.28 Å². The number of rotatable bonds is 5. The van der Waals surface area contributed by atoms with E-state index in [1.54, 1.807) is 11.3 Å². The largest absolute Gasteiger partial charge is 0.353 e. The molecule has 1 saturated heterocycles. The molecule has 0 aromatic carbocycles. The van der Waals surface area contributed by atoms with E-state index in [1.165, 1.54) is 11.3 Å². The van der Waals surface area contributed by atoms with Crippen LogP contribution in [0, 0.1) is 23.6 Å². The zero-order valence-electron chi connectivity index (χ0n) is 15.6. The van der Waals surface area contributed by atoms with Gasteiger partial charge in [-0.3, -0.25) is 9.20 Å². The van der Waals surface area contributed by atoms with Gasteiger partial charge in [-0.25, -0.2) is 14.4 Å². The van der Waals surface area contributed by atoms with Gasteiger partial charge in [-0.2, -0.15) is 4.98 Å². The molecule has 11 heteroatoms. The number of nitrogens with zero attached hydrogens (tertiary/aromatic N) is 5. The summed E-state index contributed by atoms with van der Waals surface area (Å²) in [4.78, 5) is 29.2. The molecule has 2 fully saturated rings. The lowest BCUT2D eigenvalue weighted by Gasteiger charge is -2.21. The summed E-state index contributed by atoms with van der Waals surface area (Å²) in [5.41, 5.74) is 0.982. The lowest BCUT2D eigenvalue weighted by molar-refractivity contribution is 0.0956. The molecule has 3 atom stereocenters. The molecule has 4 aromatic heterocycles. The van der Waals surface area contributed by atoms with Crippen molar-refractivity contribution in [1.29, 1.82) is 0 Å². The SMILES string of the molecule is O=C(NCCC1[C@H]2CN(c3nc(Cl)ncc3F)C[C@@H]12)c1cc2c(nc3sccn32)s1. The van der Waals surface area contributed by atoms with Gasteiger partial charge in [0.25, 0.3) is 5.91 Å². The molecular weight excluding hydrogens is 447 g/mol. The second kappa shape index (κ2) is 6.86. The summed E-state index contributed by atoms with van der Waals surface area (Å²) in [6.07, 6.45) is 4.02. The molecule has 0 spiro atoms. The fraction of sp³-hybridized carbons (Fsp3) is 0.368. The maximum atomic E-state index is 14.0. The highest BCUT2D eigenvalue weighted by Gasteiger charge is 2.55. The normalized spacial score (nSPS) is 22.7. The van der Waals surface area contributed by atoms with Gasteiger partial charge < -0.3 is 10.2 Å². The molecule has 1 aliphatic heterocycles. The van der Waals surface area contributed by atoms with Crippen molar-refractivity contribution in [3.8, 4) is 0 Å². The Morgan fingerprint density at radius 1 is 1.33 bits per heavy atom. The van der Waals surface area contributed by atoms with Crippen molar-refractivity contribution in [2.75, 3.05) is 24.5 Å². The molecule has 7 nitrogen and oxygen atoms in total. The highest BCUT2D eigenvalue weighted by molar-refractivity contribution is 7.21. The van der Waals surface area contributed by atoms with Crippen LogP contribution in [0.25, 0.3) is 15.3 Å². The number of nitrogens with one attached hydrogen (secondary N) is 1. The van der Waals surface area contributed by atoms with Gasteiger partial charge in [-0.05, 0) is 41.8 Å². The van der Waals surface area contributed by atoms with Crippen LogP contribution in [-0.2, 0) is 0 Å². The van der Waals surface area contributed by atoms with Gasteiger partial charge in [-0.1, -0.05) is 0 Å². The molecular formula is C19H16ClFN6OS2. The summed E-state index contributed by atoms with van der Waals surface area (Å²) in [7, 11) is 0. The van der Waals surface area contributed by atoms with Gasteiger partial charge in [0.05, 0.1) is 16.6 Å². The topological polar surface area (TPSA) is 75.4 Å². The summed E-state index contributed by atoms with van der Waals surface area (Å²) in [5, 5.41) is 5.09. The van der Waals surface area contributed by atoms with Gasteiger partial charge in [-0.15, -0.1) is 22.7 Å². The summed E-state index contributed by atoms with van der Waals surface area (Å²) in [5.74, 6) is 1.41. The number of amides is 1. The third-order valence-corrected chi connectivity index (χ3v) is 8.05. The Morgan fingerprint density at radius 3 is 3.00 bits per heavy atom. The van der Waals surface area contributed by atoms with E-state index in [9.17, 15) is 9.18 Å². The number of carbonyl (C=O) groups is 1. The van der Waals surface area contributed by atoms with Gasteiger partial charge in [0.15, 0.2) is 16.6 Å². The number of halogens is 2. The number of thiophene rings is 1. The third kappa shape index (κ3) is 2.97. The second-order valence-electron chi connectivity index (χ2n) is 7.72. The van der Waals surface area contributed by atoms with Gasteiger partial charge in [0.1, 0.15) is 4.83 Å². The first kappa shape index (κ1) is 18.5. The molecule has 30 heavy (non-hydrogen) atoms. The van der Waals surface area contributed by atoms with Gasteiger partial charge in [0.2, 0.25) is 5.28 Å². The van der Waals surface area contributed by atoms with Crippen LogP contribution in [0.1, 0.15) is 16.1 Å². The summed E-state index contributed by atoms with van der Waals surface area (Å²) >= 11 is 8.81. The Labute approximate surface area is 183 Å². The van der Waals surface area contributed by atoms with Gasteiger partial charge in [0, 0.05) is 31.2 Å². The lowest BCUT2D eigenvalue weighted by atomic mass is 10.2. The van der Waals surface area contributed by atoms with Crippen molar-refractivity contribution in [1.82, 2.24) is 24.7 Å². The number of carbonyl (C=O) groups excluding carboxylic acids is 1. The molecule has 1 unspecified atom stereocenters. The number of thiazole rings is 1. The Morgan fingerprint density at radius 2 is 2.17 bits per heavy atom. The number of fused-ring (bicyclic) bond motifs is 4. The molecule has 2 aliphatic rings. The van der Waals surface area contributed by atoms with Crippen LogP contribution in [0.5, 0.6) is 0 Å². The lowest BCUT2D eigenvalue weighted by Crippen LogP contribution is -2.28. The van der Waals surface area contributed by atoms with Crippen LogP contribution in [0.15, 0.2) is 23.8 Å². The monoisotopic (exact) mass is 462 g/mol. The van der Waals surface area contributed by atoms with E-state index >= 15 is 0 Å². The fourth-order valence-electron chi connectivity index (χ4n) is 4.61. The average Bonchev–Trinajstić information content (AvgIpc) is 3.25. The minimum Gasteiger partial charge on any atom is -0.353 e. The van der Waals surface area contributed by atoms with E-state index in [4.69, 9.17) is 11.6 Å². The second-order valence-corrected chi connectivity index (χ2v) is 9.96. The van der Waals surface area contributed by atoms with Crippen LogP contribution < -0.4 is 10.2 Å². The van der Waals surface area contributed by atoms with E-state index in [1.807, 2.05) is 26.9 Å². The number of aromatic nitrogens is 4. The van der Waals surface area contributed by atoms with Crippen molar-refractivity contribution in [2.24, 2.45) is 17.8 Å². The minimum atomic E-state index is -0.438. The van der Waals surface area contributed by atoms with Crippen LogP contribution >= 0.6 is 34.3 Å². The molecule has 1 N–H and O–H groups in total. The smallest absolute Gasteiger partial charge is 0.261 e. The maximum Gasteiger partial charge on any atom is 0.261 e. The van der Waals surface area contributed by atoms with E-state index < -0.39 is 5.82 Å². The van der Waals surface area contributed by atoms with Crippen LogP contribution in [0.4, 0.5) is 10.2 Å². The van der Waals surface area contributed by atoms with Crippen molar-refractivity contribution in [2.45, 2.75) is 6.42 Å². The highest BCUT2D eigenvalue weighted by Crippen LogP contribution is 2.54. The van der Waals surface area contributed by atoms with Crippen molar-refractivity contribution >= 4 is 61.3 Å². The van der Waals surface area contributed by atoms with Crippen LogP contribution in [0.3, 0.4) is 0 Å². The fourth-order valence-corrected chi connectivity index (χ4v) is 6.45. The molecule has 6 rings (SSSR count). The van der Waals surface area contributed by atoms with E-state index in [0.717, 1.165) is 41.0 Å². The molecule has 0 radical (unpaired) electrons. The first-order valence-electron chi connectivity index (χ1n) is 9.65. The maximum absolute atomic E-state index is 14.0. The summed E-state index contributed by atoms with van der Waals surface area (Å²) < 4.78 is 16.0. The van der Waals surface area contributed by atoms with E-state index in [-0.39, 0.29) is 17.0 Å². The van der Waals surface area contributed by atoms with Gasteiger partial charge >= 0.3 is 0 Å². The molecule has 1 aliphatic carbocycles. The minimum absolute atomic E-state index is 0.0490. The summed E-state index contributed by atoms with van der Waals surface area (Å²) in [6, 6.07) is 1.91. The highest BCUT2D eigenvalue weighted by atomic mass is 35.5. The Hall–Kier alpha value is -2.30. The molecule has 4 aromatic rings.